The summed E-state index contributed by atoms with van der Waals surface area (Å²) in [6, 6.07) is 11.4. The number of aryl methyl sites for hydroxylation is 1. The lowest BCUT2D eigenvalue weighted by molar-refractivity contribution is -0.130. The molecule has 1 amide bonds. The Balaban J connectivity index is 0.00000180. The van der Waals surface area contributed by atoms with Gasteiger partial charge in [-0.25, -0.2) is 19.0 Å². The maximum atomic E-state index is 12.4. The van der Waals surface area contributed by atoms with Gasteiger partial charge in [0.25, 0.3) is 11.7 Å². The van der Waals surface area contributed by atoms with Gasteiger partial charge in [-0.2, -0.15) is 10.2 Å². The standard InChI is InChI=1S/C27H27N9O5.C2H6/c1-17-13-18(3-4-21(17)41-19-5-9-35-22(14-19)28-15-30-35)32-25-23-20(6-10-36(23)31-16-29-25)33-7-2-8-34(12-11-33)26(38)24(37)27(39)40;1-2/h3-6,9-10,13-16,37,39-40H,2,7-8,11-12H2,1H3,(H,29,31,32);1-2H3. The van der Waals surface area contributed by atoms with Crippen LogP contribution in [0.5, 0.6) is 11.5 Å². The van der Waals surface area contributed by atoms with Crippen LogP contribution in [0, 0.1) is 6.92 Å². The number of amides is 1. The zero-order valence-electron chi connectivity index (χ0n) is 24.0. The van der Waals surface area contributed by atoms with Gasteiger partial charge >= 0.3 is 5.95 Å². The number of aliphatic hydroxyl groups is 3. The minimum absolute atomic E-state index is 0.286. The number of nitrogens with one attached hydrogen (secondary N) is 1. The Morgan fingerprint density at radius 1 is 0.907 bits per heavy atom. The predicted molar refractivity (Wildman–Crippen MR) is 160 cm³/mol. The Labute approximate surface area is 247 Å². The summed E-state index contributed by atoms with van der Waals surface area (Å²) in [6.45, 7) is 7.71. The first-order chi connectivity index (χ1) is 20.9. The highest BCUT2D eigenvalue weighted by atomic mass is 16.5. The molecule has 1 saturated heterocycles. The molecule has 14 nitrogen and oxygen atoms in total. The van der Waals surface area contributed by atoms with Gasteiger partial charge < -0.3 is 35.2 Å². The predicted octanol–water partition coefficient (Wildman–Crippen LogP) is 4.52. The highest BCUT2D eigenvalue weighted by Crippen LogP contribution is 2.32. The number of benzene rings is 1. The van der Waals surface area contributed by atoms with Crippen molar-refractivity contribution in [2.75, 3.05) is 36.4 Å². The fourth-order valence-electron chi connectivity index (χ4n) is 4.86. The van der Waals surface area contributed by atoms with Crippen molar-refractivity contribution in [3.63, 3.8) is 0 Å². The molecular formula is C29H33N9O5. The number of carbonyl (C=O) groups is 1. The molecule has 0 atom stereocenters. The molecule has 0 saturated carbocycles. The van der Waals surface area contributed by atoms with Gasteiger partial charge in [-0.3, -0.25) is 4.79 Å². The summed E-state index contributed by atoms with van der Waals surface area (Å²) in [7, 11) is 0. The van der Waals surface area contributed by atoms with Crippen LogP contribution in [-0.4, -0.2) is 81.5 Å². The summed E-state index contributed by atoms with van der Waals surface area (Å²) in [4.78, 5) is 24.6. The number of carbonyl (C=O) groups excluding carboxylic acids is 1. The molecule has 5 heterocycles. The Morgan fingerprint density at radius 3 is 2.47 bits per heavy atom. The lowest BCUT2D eigenvalue weighted by atomic mass is 10.2. The molecule has 0 spiro atoms. The molecule has 1 fully saturated rings. The Bertz CT molecular complexity index is 1780. The van der Waals surface area contributed by atoms with E-state index in [1.54, 1.807) is 15.2 Å². The van der Waals surface area contributed by atoms with E-state index >= 15 is 0 Å². The Hall–Kier alpha value is -5.53. The van der Waals surface area contributed by atoms with Crippen molar-refractivity contribution in [1.29, 1.82) is 0 Å². The third-order valence-corrected chi connectivity index (χ3v) is 6.89. The largest absolute Gasteiger partial charge is 0.498 e. The summed E-state index contributed by atoms with van der Waals surface area (Å²) in [5, 5.41) is 39.7. The van der Waals surface area contributed by atoms with Crippen molar-refractivity contribution in [1.82, 2.24) is 34.1 Å². The van der Waals surface area contributed by atoms with Crippen LogP contribution >= 0.6 is 0 Å². The van der Waals surface area contributed by atoms with Crippen molar-refractivity contribution < 1.29 is 24.9 Å². The normalized spacial score (nSPS) is 13.3. The van der Waals surface area contributed by atoms with Crippen molar-refractivity contribution in [2.24, 2.45) is 0 Å². The molecule has 1 aromatic carbocycles. The quantitative estimate of drug-likeness (QED) is 0.163. The van der Waals surface area contributed by atoms with Gasteiger partial charge in [0.15, 0.2) is 11.5 Å². The Morgan fingerprint density at radius 2 is 1.67 bits per heavy atom. The van der Waals surface area contributed by atoms with Gasteiger partial charge in [-0.05, 0) is 49.2 Å². The van der Waals surface area contributed by atoms with Crippen LogP contribution in [0.4, 0.5) is 17.2 Å². The van der Waals surface area contributed by atoms with E-state index in [-0.39, 0.29) is 6.54 Å². The van der Waals surface area contributed by atoms with Crippen molar-refractivity contribution in [3.8, 4) is 11.5 Å². The highest BCUT2D eigenvalue weighted by molar-refractivity contribution is 5.91. The van der Waals surface area contributed by atoms with Crippen LogP contribution in [0.3, 0.4) is 0 Å². The summed E-state index contributed by atoms with van der Waals surface area (Å²) in [5.74, 6) is -1.30. The van der Waals surface area contributed by atoms with E-state index in [1.165, 1.54) is 17.6 Å². The van der Waals surface area contributed by atoms with Crippen LogP contribution in [-0.2, 0) is 4.79 Å². The second-order valence-corrected chi connectivity index (χ2v) is 9.54. The maximum absolute atomic E-state index is 12.4. The van der Waals surface area contributed by atoms with Gasteiger partial charge in [0, 0.05) is 50.3 Å². The summed E-state index contributed by atoms with van der Waals surface area (Å²) < 4.78 is 9.50. The van der Waals surface area contributed by atoms with Crippen molar-refractivity contribution >= 4 is 34.3 Å². The van der Waals surface area contributed by atoms with Crippen LogP contribution in [0.15, 0.2) is 73.2 Å². The number of ether oxygens (including phenoxy) is 1. The molecule has 0 unspecified atom stereocenters. The third kappa shape index (κ3) is 6.07. The zero-order valence-corrected chi connectivity index (χ0v) is 24.0. The van der Waals surface area contributed by atoms with Crippen LogP contribution in [0.1, 0.15) is 25.8 Å². The second kappa shape index (κ2) is 12.5. The van der Waals surface area contributed by atoms with Crippen LogP contribution in [0.25, 0.3) is 11.2 Å². The van der Waals surface area contributed by atoms with E-state index in [9.17, 15) is 9.90 Å². The molecule has 0 aliphatic carbocycles. The fraction of sp³-hybridized carbons (Fsp3) is 0.276. The average molecular weight is 588 g/mol. The van der Waals surface area contributed by atoms with Gasteiger partial charge in [-0.1, -0.05) is 13.8 Å². The molecule has 224 valence electrons. The van der Waals surface area contributed by atoms with Crippen LogP contribution < -0.4 is 15.0 Å². The van der Waals surface area contributed by atoms with Gasteiger partial charge in [0.1, 0.15) is 29.7 Å². The van der Waals surface area contributed by atoms with Gasteiger partial charge in [-0.15, -0.1) is 0 Å². The average Bonchev–Trinajstić information content (AvgIpc) is 3.60. The first-order valence-electron chi connectivity index (χ1n) is 13.9. The number of aromatic nitrogens is 6. The molecule has 4 N–H and O–H groups in total. The van der Waals surface area contributed by atoms with E-state index in [2.05, 4.69) is 30.4 Å². The highest BCUT2D eigenvalue weighted by Gasteiger charge is 2.26. The lowest BCUT2D eigenvalue weighted by Gasteiger charge is -2.23. The smallest absolute Gasteiger partial charge is 0.324 e. The first kappa shape index (κ1) is 29.0. The van der Waals surface area contributed by atoms with Crippen LogP contribution in [0.2, 0.25) is 0 Å². The van der Waals surface area contributed by atoms with E-state index in [4.69, 9.17) is 14.9 Å². The zero-order chi connectivity index (χ0) is 30.5. The molecule has 4 aromatic heterocycles. The van der Waals surface area contributed by atoms with E-state index in [1.807, 2.05) is 63.4 Å². The monoisotopic (exact) mass is 587 g/mol. The minimum Gasteiger partial charge on any atom is -0.498 e. The van der Waals surface area contributed by atoms with Crippen molar-refractivity contribution in [3.05, 3.63) is 78.7 Å². The molecule has 1 aliphatic heterocycles. The first-order valence-corrected chi connectivity index (χ1v) is 13.9. The summed E-state index contributed by atoms with van der Waals surface area (Å²) in [6.07, 6.45) is 7.22. The number of hydrogen-bond acceptors (Lipinski definition) is 11. The Kier molecular flexibility index (Phi) is 8.46. The summed E-state index contributed by atoms with van der Waals surface area (Å²) in [5.41, 5.74) is 4.07. The SMILES string of the molecule is CC.Cc1cc(Nc2ncnn3ccc(N4CCCN(C(=O)C(O)=C(O)O)CC4)c23)ccc1Oc1ccn2ncnc2c1. The number of pyridine rings is 1. The molecule has 14 heteroatoms. The number of hydrogen-bond donors (Lipinski definition) is 4. The molecule has 6 rings (SSSR count). The van der Waals surface area contributed by atoms with E-state index < -0.39 is 17.6 Å². The summed E-state index contributed by atoms with van der Waals surface area (Å²) >= 11 is 0. The van der Waals surface area contributed by atoms with Gasteiger partial charge in [0.05, 0.1) is 5.69 Å². The molecule has 5 aromatic rings. The van der Waals surface area contributed by atoms with E-state index in [0.29, 0.717) is 49.0 Å². The third-order valence-electron chi connectivity index (χ3n) is 6.89. The number of anilines is 3. The molecule has 1 aliphatic rings. The number of rotatable bonds is 6. The fourth-order valence-corrected chi connectivity index (χ4v) is 4.86. The van der Waals surface area contributed by atoms with Gasteiger partial charge in [0.2, 0.25) is 0 Å². The number of aliphatic hydroxyl groups excluding tert-OH is 2. The lowest BCUT2D eigenvalue weighted by Crippen LogP contribution is -2.36. The topological polar surface area (TPSA) is 166 Å². The molecule has 0 radical (unpaired) electrons. The van der Waals surface area contributed by atoms with E-state index in [0.717, 1.165) is 22.5 Å². The number of nitrogens with zero attached hydrogens (tertiary/aromatic N) is 8. The maximum Gasteiger partial charge on any atom is 0.324 e. The molecular weight excluding hydrogens is 554 g/mol. The second-order valence-electron chi connectivity index (χ2n) is 9.54. The minimum atomic E-state index is -1.38. The molecule has 0 bridgehead atoms. The number of fused-ring (bicyclic) bond motifs is 2. The van der Waals surface area contributed by atoms with Crippen molar-refractivity contribution in [2.45, 2.75) is 27.2 Å². The molecule has 43 heavy (non-hydrogen) atoms.